The first-order chi connectivity index (χ1) is 6.77. The number of halogens is 1. The number of carbonyl (C=O) groups excluding carboxylic acids is 1. The van der Waals surface area contributed by atoms with Crippen molar-refractivity contribution < 1.29 is 9.53 Å². The maximum absolute atomic E-state index is 10.8. The lowest BCUT2D eigenvalue weighted by atomic mass is 10.1. The Morgan fingerprint density at radius 2 is 2.36 bits per heavy atom. The predicted molar refractivity (Wildman–Crippen MR) is 58.8 cm³/mol. The molecule has 14 heavy (non-hydrogen) atoms. The largest absolute Gasteiger partial charge is 0.495 e. The van der Waals surface area contributed by atoms with Crippen molar-refractivity contribution in [3.63, 3.8) is 0 Å². The molecule has 0 aliphatic rings. The molecule has 0 N–H and O–H groups in total. The Morgan fingerprint density at radius 3 is 3.00 bits per heavy atom. The van der Waals surface area contributed by atoms with Crippen LogP contribution in [0.5, 0.6) is 5.75 Å². The smallest absolute Gasteiger partial charge is 0.151 e. The van der Waals surface area contributed by atoms with Gasteiger partial charge in [-0.25, -0.2) is 0 Å². The summed E-state index contributed by atoms with van der Waals surface area (Å²) in [7, 11) is 1.54. The average molecular weight is 227 g/mol. The van der Waals surface area contributed by atoms with E-state index in [9.17, 15) is 4.79 Å². The van der Waals surface area contributed by atoms with E-state index in [1.807, 2.05) is 11.4 Å². The lowest BCUT2D eigenvalue weighted by molar-refractivity contribution is 0.112. The number of benzene rings is 1. The van der Waals surface area contributed by atoms with Crippen LogP contribution in [0.25, 0.3) is 10.1 Å². The fourth-order valence-corrected chi connectivity index (χ4v) is 2.57. The van der Waals surface area contributed by atoms with Gasteiger partial charge in [-0.1, -0.05) is 11.6 Å². The maximum atomic E-state index is 10.8. The Hall–Kier alpha value is -1.06. The molecule has 0 aliphatic heterocycles. The van der Waals surface area contributed by atoms with E-state index < -0.39 is 0 Å². The van der Waals surface area contributed by atoms with Crippen molar-refractivity contribution in [2.45, 2.75) is 0 Å². The molecule has 2 aromatic rings. The Labute approximate surface area is 90.1 Å². The van der Waals surface area contributed by atoms with Gasteiger partial charge in [-0.3, -0.25) is 4.79 Å². The van der Waals surface area contributed by atoms with Crippen molar-refractivity contribution in [2.24, 2.45) is 0 Å². The van der Waals surface area contributed by atoms with Crippen molar-refractivity contribution in [3.05, 3.63) is 28.1 Å². The molecule has 0 saturated carbocycles. The number of fused-ring (bicyclic) bond motifs is 1. The number of rotatable bonds is 2. The fraction of sp³-hybridized carbons (Fsp3) is 0.100. The van der Waals surface area contributed by atoms with Gasteiger partial charge in [-0.05, 0) is 17.5 Å². The lowest BCUT2D eigenvalue weighted by Gasteiger charge is -2.05. The molecule has 1 aromatic carbocycles. The molecule has 0 atom stereocenters. The molecular weight excluding hydrogens is 220 g/mol. The molecule has 0 unspecified atom stereocenters. The summed E-state index contributed by atoms with van der Waals surface area (Å²) in [6, 6.07) is 3.55. The molecule has 2 nitrogen and oxygen atoms in total. The van der Waals surface area contributed by atoms with Crippen molar-refractivity contribution in [1.82, 2.24) is 0 Å². The molecule has 1 heterocycles. The lowest BCUT2D eigenvalue weighted by Crippen LogP contribution is -1.88. The molecular formula is C10H7ClO2S. The zero-order chi connectivity index (χ0) is 10.1. The topological polar surface area (TPSA) is 26.3 Å². The molecule has 0 bridgehead atoms. The number of hydrogen-bond donors (Lipinski definition) is 0. The van der Waals surface area contributed by atoms with Gasteiger partial charge in [0.15, 0.2) is 6.29 Å². The van der Waals surface area contributed by atoms with Gasteiger partial charge in [0, 0.05) is 15.6 Å². The Kier molecular flexibility index (Phi) is 2.44. The number of carbonyl (C=O) groups is 1. The third-order valence-electron chi connectivity index (χ3n) is 2.01. The Balaban J connectivity index is 2.86. The summed E-state index contributed by atoms with van der Waals surface area (Å²) in [5, 5.41) is 3.34. The molecule has 0 aliphatic carbocycles. The summed E-state index contributed by atoms with van der Waals surface area (Å²) in [4.78, 5) is 10.8. The van der Waals surface area contributed by atoms with Crippen LogP contribution < -0.4 is 4.74 Å². The van der Waals surface area contributed by atoms with E-state index in [4.69, 9.17) is 16.3 Å². The van der Waals surface area contributed by atoms with Crippen LogP contribution in [0, 0.1) is 0 Å². The molecule has 0 amide bonds. The molecule has 0 fully saturated rings. The van der Waals surface area contributed by atoms with Crippen molar-refractivity contribution in [3.8, 4) is 5.75 Å². The van der Waals surface area contributed by atoms with E-state index >= 15 is 0 Å². The van der Waals surface area contributed by atoms with Crippen LogP contribution in [0.1, 0.15) is 10.4 Å². The number of thiophene rings is 1. The van der Waals surface area contributed by atoms with Crippen LogP contribution in [-0.4, -0.2) is 13.4 Å². The summed E-state index contributed by atoms with van der Waals surface area (Å²) < 4.78 is 5.99. The molecule has 0 saturated heterocycles. The van der Waals surface area contributed by atoms with Gasteiger partial charge in [0.2, 0.25) is 0 Å². The second-order valence-corrected chi connectivity index (χ2v) is 4.06. The second kappa shape index (κ2) is 3.59. The summed E-state index contributed by atoms with van der Waals surface area (Å²) in [5.74, 6) is 0.541. The minimum absolute atomic E-state index is 0.541. The van der Waals surface area contributed by atoms with Gasteiger partial charge in [0.05, 0.1) is 12.1 Å². The van der Waals surface area contributed by atoms with Crippen molar-refractivity contribution >= 4 is 39.3 Å². The number of hydrogen-bond acceptors (Lipinski definition) is 3. The highest BCUT2D eigenvalue weighted by molar-refractivity contribution is 7.17. The van der Waals surface area contributed by atoms with Crippen molar-refractivity contribution in [1.29, 1.82) is 0 Å². The van der Waals surface area contributed by atoms with E-state index in [0.29, 0.717) is 16.3 Å². The predicted octanol–water partition coefficient (Wildman–Crippen LogP) is 3.38. The normalized spacial score (nSPS) is 10.4. The van der Waals surface area contributed by atoms with Gasteiger partial charge in [-0.15, -0.1) is 11.3 Å². The highest BCUT2D eigenvalue weighted by Crippen LogP contribution is 2.37. The van der Waals surface area contributed by atoms with E-state index in [2.05, 4.69) is 0 Å². The first kappa shape index (κ1) is 9.49. The monoisotopic (exact) mass is 226 g/mol. The summed E-state index contributed by atoms with van der Waals surface area (Å²) in [6.45, 7) is 0. The average Bonchev–Trinajstić information content (AvgIpc) is 2.68. The third kappa shape index (κ3) is 1.29. The quantitative estimate of drug-likeness (QED) is 0.734. The number of methoxy groups -OCH3 is 1. The molecule has 72 valence electrons. The van der Waals surface area contributed by atoms with Crippen LogP contribution in [0.3, 0.4) is 0 Å². The van der Waals surface area contributed by atoms with Gasteiger partial charge < -0.3 is 4.74 Å². The van der Waals surface area contributed by atoms with Crippen LogP contribution in [-0.2, 0) is 0 Å². The number of aldehydes is 1. The standard InChI is InChI=1S/C10H7ClO2S/c1-13-8-4-6(5-12)10-7(9(8)11)2-3-14-10/h2-5H,1H3. The van der Waals surface area contributed by atoms with Crippen LogP contribution >= 0.6 is 22.9 Å². The van der Waals surface area contributed by atoms with E-state index in [0.717, 1.165) is 16.4 Å². The molecule has 0 radical (unpaired) electrons. The van der Waals surface area contributed by atoms with Gasteiger partial charge in [0.25, 0.3) is 0 Å². The molecule has 4 heteroatoms. The second-order valence-electron chi connectivity index (χ2n) is 2.76. The zero-order valence-corrected chi connectivity index (χ0v) is 8.98. The van der Waals surface area contributed by atoms with E-state index in [1.54, 1.807) is 6.07 Å². The van der Waals surface area contributed by atoms with E-state index in [-0.39, 0.29) is 0 Å². The van der Waals surface area contributed by atoms with Gasteiger partial charge >= 0.3 is 0 Å². The number of ether oxygens (including phenoxy) is 1. The van der Waals surface area contributed by atoms with Gasteiger partial charge in [0.1, 0.15) is 5.75 Å². The molecule has 2 rings (SSSR count). The fourth-order valence-electron chi connectivity index (χ4n) is 1.34. The minimum Gasteiger partial charge on any atom is -0.495 e. The van der Waals surface area contributed by atoms with E-state index in [1.165, 1.54) is 18.4 Å². The van der Waals surface area contributed by atoms with Crippen LogP contribution in [0.15, 0.2) is 17.5 Å². The Bertz CT molecular complexity index is 490. The Morgan fingerprint density at radius 1 is 1.57 bits per heavy atom. The summed E-state index contributed by atoms with van der Waals surface area (Å²) in [5.41, 5.74) is 0.622. The summed E-state index contributed by atoms with van der Waals surface area (Å²) in [6.07, 6.45) is 0.817. The molecule has 0 spiro atoms. The minimum atomic E-state index is 0.541. The molecule has 1 aromatic heterocycles. The maximum Gasteiger partial charge on any atom is 0.151 e. The zero-order valence-electron chi connectivity index (χ0n) is 7.41. The first-order valence-corrected chi connectivity index (χ1v) is 5.22. The highest BCUT2D eigenvalue weighted by atomic mass is 35.5. The third-order valence-corrected chi connectivity index (χ3v) is 3.37. The SMILES string of the molecule is COc1cc(C=O)c2sccc2c1Cl. The highest BCUT2D eigenvalue weighted by Gasteiger charge is 2.11. The van der Waals surface area contributed by atoms with Crippen LogP contribution in [0.4, 0.5) is 0 Å². The first-order valence-electron chi connectivity index (χ1n) is 3.96. The van der Waals surface area contributed by atoms with Crippen molar-refractivity contribution in [2.75, 3.05) is 7.11 Å². The summed E-state index contributed by atoms with van der Waals surface area (Å²) >= 11 is 7.58. The van der Waals surface area contributed by atoms with Crippen LogP contribution in [0.2, 0.25) is 5.02 Å². The van der Waals surface area contributed by atoms with Gasteiger partial charge in [-0.2, -0.15) is 0 Å².